The Morgan fingerprint density at radius 2 is 2.15 bits per heavy atom. The lowest BCUT2D eigenvalue weighted by Crippen LogP contribution is -2.41. The topological polar surface area (TPSA) is 21.3 Å². The Labute approximate surface area is 127 Å². The second-order valence-electron chi connectivity index (χ2n) is 6.64. The van der Waals surface area contributed by atoms with E-state index in [9.17, 15) is 0 Å². The highest BCUT2D eigenvalue weighted by molar-refractivity contribution is 6.17. The number of hydrogen-bond acceptors (Lipinski definition) is 2. The molecular formula is C17H26ClNO. The van der Waals surface area contributed by atoms with E-state index in [4.69, 9.17) is 16.3 Å². The van der Waals surface area contributed by atoms with Gasteiger partial charge in [-0.1, -0.05) is 32.9 Å². The molecule has 3 heteroatoms. The van der Waals surface area contributed by atoms with Crippen LogP contribution in [0.3, 0.4) is 0 Å². The molecule has 2 nitrogen and oxygen atoms in total. The van der Waals surface area contributed by atoms with E-state index in [1.54, 1.807) is 0 Å². The minimum absolute atomic E-state index is 0.251. The largest absolute Gasteiger partial charge is 0.493 e. The highest BCUT2D eigenvalue weighted by Crippen LogP contribution is 2.26. The molecule has 0 spiro atoms. The van der Waals surface area contributed by atoms with Crippen molar-refractivity contribution in [1.29, 1.82) is 0 Å². The van der Waals surface area contributed by atoms with Crippen LogP contribution in [0.4, 0.5) is 0 Å². The third kappa shape index (κ3) is 4.13. The highest BCUT2D eigenvalue weighted by atomic mass is 35.5. The fourth-order valence-corrected chi connectivity index (χ4v) is 2.95. The maximum atomic E-state index is 5.91. The molecule has 0 aliphatic carbocycles. The fraction of sp³-hybridized carbons (Fsp3) is 0.647. The molecule has 112 valence electrons. The first kappa shape index (κ1) is 15.7. The highest BCUT2D eigenvalue weighted by Gasteiger charge is 2.23. The number of fused-ring (bicyclic) bond motifs is 1. The number of alkyl halides is 1. The van der Waals surface area contributed by atoms with Crippen molar-refractivity contribution in [3.05, 3.63) is 29.3 Å². The molecule has 2 rings (SSSR count). The third-order valence-electron chi connectivity index (χ3n) is 4.00. The van der Waals surface area contributed by atoms with Crippen LogP contribution in [0, 0.1) is 5.41 Å². The van der Waals surface area contributed by atoms with Crippen LogP contribution in [0.2, 0.25) is 0 Å². The van der Waals surface area contributed by atoms with Gasteiger partial charge in [-0.25, -0.2) is 0 Å². The van der Waals surface area contributed by atoms with Gasteiger partial charge in [0.1, 0.15) is 5.75 Å². The SMILES string of the molecule is CC(C)(C)C(CCCl)NCCc1ccc2c(c1)CCO2. The number of rotatable bonds is 6. The molecule has 0 saturated carbocycles. The van der Waals surface area contributed by atoms with E-state index in [2.05, 4.69) is 44.3 Å². The lowest BCUT2D eigenvalue weighted by atomic mass is 9.85. The number of ether oxygens (including phenoxy) is 1. The van der Waals surface area contributed by atoms with Gasteiger partial charge in [0, 0.05) is 18.3 Å². The number of benzene rings is 1. The quantitative estimate of drug-likeness (QED) is 0.806. The van der Waals surface area contributed by atoms with E-state index in [-0.39, 0.29) is 5.41 Å². The Kier molecular flexibility index (Phi) is 5.34. The lowest BCUT2D eigenvalue weighted by molar-refractivity contribution is 0.263. The summed E-state index contributed by atoms with van der Waals surface area (Å²) in [4.78, 5) is 0. The number of halogens is 1. The fourth-order valence-electron chi connectivity index (χ4n) is 2.74. The van der Waals surface area contributed by atoms with E-state index in [1.807, 2.05) is 0 Å². The predicted molar refractivity (Wildman–Crippen MR) is 85.9 cm³/mol. The van der Waals surface area contributed by atoms with E-state index >= 15 is 0 Å². The first-order valence-corrected chi connectivity index (χ1v) is 8.08. The Hall–Kier alpha value is -0.730. The van der Waals surface area contributed by atoms with E-state index in [1.165, 1.54) is 11.1 Å². The van der Waals surface area contributed by atoms with Gasteiger partial charge >= 0.3 is 0 Å². The minimum atomic E-state index is 0.251. The molecule has 1 aromatic rings. The van der Waals surface area contributed by atoms with Gasteiger partial charge in [-0.15, -0.1) is 11.6 Å². The van der Waals surface area contributed by atoms with Gasteiger partial charge in [0.2, 0.25) is 0 Å². The summed E-state index contributed by atoms with van der Waals surface area (Å²) in [5.74, 6) is 1.78. The van der Waals surface area contributed by atoms with Gasteiger partial charge in [0.25, 0.3) is 0 Å². The van der Waals surface area contributed by atoms with Crippen molar-refractivity contribution in [2.75, 3.05) is 19.0 Å². The zero-order chi connectivity index (χ0) is 14.6. The first-order chi connectivity index (χ1) is 9.50. The van der Waals surface area contributed by atoms with Crippen LogP contribution in [-0.4, -0.2) is 25.1 Å². The molecular weight excluding hydrogens is 270 g/mol. The summed E-state index contributed by atoms with van der Waals surface area (Å²) in [7, 11) is 0. The molecule has 0 radical (unpaired) electrons. The Bertz CT molecular complexity index is 439. The molecule has 1 aromatic carbocycles. The average molecular weight is 296 g/mol. The van der Waals surface area contributed by atoms with Crippen LogP contribution in [0.1, 0.15) is 38.3 Å². The van der Waals surface area contributed by atoms with Crippen molar-refractivity contribution in [2.24, 2.45) is 5.41 Å². The molecule has 1 unspecified atom stereocenters. The van der Waals surface area contributed by atoms with Crippen LogP contribution in [0.25, 0.3) is 0 Å². The van der Waals surface area contributed by atoms with Crippen LogP contribution < -0.4 is 10.1 Å². The summed E-state index contributed by atoms with van der Waals surface area (Å²) in [5, 5.41) is 3.66. The molecule has 1 N–H and O–H groups in total. The van der Waals surface area contributed by atoms with Crippen LogP contribution in [0.5, 0.6) is 5.75 Å². The van der Waals surface area contributed by atoms with Crippen molar-refractivity contribution in [3.63, 3.8) is 0 Å². The van der Waals surface area contributed by atoms with Crippen molar-refractivity contribution < 1.29 is 4.74 Å². The number of hydrogen-bond donors (Lipinski definition) is 1. The average Bonchev–Trinajstić information content (AvgIpc) is 2.84. The monoisotopic (exact) mass is 295 g/mol. The summed E-state index contributed by atoms with van der Waals surface area (Å²) in [6.07, 6.45) is 3.12. The minimum Gasteiger partial charge on any atom is -0.493 e. The van der Waals surface area contributed by atoms with E-state index in [0.29, 0.717) is 11.9 Å². The van der Waals surface area contributed by atoms with Gasteiger partial charge in [0.15, 0.2) is 0 Å². The Morgan fingerprint density at radius 1 is 1.35 bits per heavy atom. The Balaban J connectivity index is 1.85. The summed E-state index contributed by atoms with van der Waals surface area (Å²) in [5.41, 5.74) is 3.00. The maximum absolute atomic E-state index is 5.91. The van der Waals surface area contributed by atoms with Gasteiger partial charge in [-0.2, -0.15) is 0 Å². The second-order valence-corrected chi connectivity index (χ2v) is 7.02. The molecule has 1 atom stereocenters. The van der Waals surface area contributed by atoms with Crippen LogP contribution in [-0.2, 0) is 12.8 Å². The van der Waals surface area contributed by atoms with Gasteiger partial charge in [-0.05, 0) is 42.0 Å². The predicted octanol–water partition coefficient (Wildman–Crippen LogP) is 3.80. The molecule has 1 aliphatic rings. The van der Waals surface area contributed by atoms with Crippen molar-refractivity contribution in [1.82, 2.24) is 5.32 Å². The van der Waals surface area contributed by atoms with Crippen molar-refractivity contribution in [3.8, 4) is 5.75 Å². The molecule has 20 heavy (non-hydrogen) atoms. The molecule has 1 aliphatic heterocycles. The van der Waals surface area contributed by atoms with Gasteiger partial charge < -0.3 is 10.1 Å². The second kappa shape index (κ2) is 6.82. The van der Waals surface area contributed by atoms with Crippen molar-refractivity contribution >= 4 is 11.6 Å². The standard InChI is InChI=1S/C17H26ClNO/c1-17(2,3)16(6-9-18)19-10-7-13-4-5-15-14(12-13)8-11-20-15/h4-5,12,16,19H,6-11H2,1-3H3. The zero-order valence-corrected chi connectivity index (χ0v) is 13.6. The summed E-state index contributed by atoms with van der Waals surface area (Å²) >= 11 is 5.91. The summed E-state index contributed by atoms with van der Waals surface area (Å²) in [6.45, 7) is 8.63. The Morgan fingerprint density at radius 3 is 2.85 bits per heavy atom. The molecule has 1 heterocycles. The van der Waals surface area contributed by atoms with Crippen LogP contribution in [0.15, 0.2) is 18.2 Å². The molecule has 0 aromatic heterocycles. The molecule has 0 saturated heterocycles. The molecule has 0 bridgehead atoms. The van der Waals surface area contributed by atoms with Crippen LogP contribution >= 0.6 is 11.6 Å². The third-order valence-corrected chi connectivity index (χ3v) is 4.22. The molecule has 0 amide bonds. The zero-order valence-electron chi connectivity index (χ0n) is 12.8. The lowest BCUT2D eigenvalue weighted by Gasteiger charge is -2.31. The molecule has 0 fully saturated rings. The van der Waals surface area contributed by atoms with Crippen molar-refractivity contribution in [2.45, 2.75) is 46.1 Å². The smallest absolute Gasteiger partial charge is 0.122 e. The normalized spacial score (nSPS) is 15.8. The van der Waals surface area contributed by atoms with E-state index in [0.717, 1.165) is 38.2 Å². The van der Waals surface area contributed by atoms with E-state index < -0.39 is 0 Å². The summed E-state index contributed by atoms with van der Waals surface area (Å²) in [6, 6.07) is 7.05. The number of nitrogens with one attached hydrogen (secondary N) is 1. The summed E-state index contributed by atoms with van der Waals surface area (Å²) < 4.78 is 5.54. The van der Waals surface area contributed by atoms with Gasteiger partial charge in [-0.3, -0.25) is 0 Å². The van der Waals surface area contributed by atoms with Gasteiger partial charge in [0.05, 0.1) is 6.61 Å². The maximum Gasteiger partial charge on any atom is 0.122 e. The first-order valence-electron chi connectivity index (χ1n) is 7.54.